The average Bonchev–Trinajstić information content (AvgIpc) is 2.61. The molecular formula is C16H30N2O. The monoisotopic (exact) mass is 266 g/mol. The van der Waals surface area contributed by atoms with Gasteiger partial charge < -0.3 is 11.1 Å². The molecule has 0 aromatic rings. The fourth-order valence-corrected chi connectivity index (χ4v) is 4.32. The maximum Gasteiger partial charge on any atom is 0.237 e. The number of nitrogens with one attached hydrogen (secondary N) is 1. The Kier molecular flexibility index (Phi) is 3.72. The summed E-state index contributed by atoms with van der Waals surface area (Å²) in [6, 6.07) is -0.0437. The summed E-state index contributed by atoms with van der Waals surface area (Å²) in [4.78, 5) is 12.2. The molecule has 0 radical (unpaired) electrons. The van der Waals surface area contributed by atoms with Crippen molar-refractivity contribution in [2.75, 3.05) is 0 Å². The molecule has 2 rings (SSSR count). The highest BCUT2D eigenvalue weighted by atomic mass is 16.2. The van der Waals surface area contributed by atoms with E-state index in [1.54, 1.807) is 0 Å². The lowest BCUT2D eigenvalue weighted by molar-refractivity contribution is -0.124. The third kappa shape index (κ3) is 2.31. The molecule has 110 valence electrons. The normalized spacial score (nSPS) is 37.6. The summed E-state index contributed by atoms with van der Waals surface area (Å²) in [5.41, 5.74) is 6.57. The van der Waals surface area contributed by atoms with E-state index in [1.807, 2.05) is 0 Å². The van der Waals surface area contributed by atoms with E-state index >= 15 is 0 Å². The molecule has 0 aliphatic heterocycles. The van der Waals surface area contributed by atoms with Crippen molar-refractivity contribution in [2.24, 2.45) is 28.4 Å². The van der Waals surface area contributed by atoms with Gasteiger partial charge in [-0.15, -0.1) is 0 Å². The fraction of sp³-hybridized carbons (Fsp3) is 0.938. The van der Waals surface area contributed by atoms with Crippen LogP contribution in [-0.4, -0.2) is 18.0 Å². The number of amides is 1. The van der Waals surface area contributed by atoms with Crippen LogP contribution in [0.25, 0.3) is 0 Å². The Labute approximate surface area is 117 Å². The van der Waals surface area contributed by atoms with Crippen molar-refractivity contribution in [3.63, 3.8) is 0 Å². The minimum atomic E-state index is -0.356. The third-order valence-corrected chi connectivity index (χ3v) is 6.17. The lowest BCUT2D eigenvalue weighted by Crippen LogP contribution is -2.51. The van der Waals surface area contributed by atoms with Crippen molar-refractivity contribution in [2.45, 2.75) is 72.4 Å². The molecule has 1 amide bonds. The Morgan fingerprint density at radius 3 is 2.42 bits per heavy atom. The summed E-state index contributed by atoms with van der Waals surface area (Å²) >= 11 is 0. The minimum absolute atomic E-state index is 0.0447. The molecule has 4 atom stereocenters. The number of fused-ring (bicyclic) bond motifs is 2. The molecule has 0 heterocycles. The van der Waals surface area contributed by atoms with Crippen LogP contribution in [0.1, 0.15) is 60.3 Å². The molecule has 19 heavy (non-hydrogen) atoms. The zero-order chi connectivity index (χ0) is 14.4. The fourth-order valence-electron chi connectivity index (χ4n) is 4.32. The summed E-state index contributed by atoms with van der Waals surface area (Å²) in [7, 11) is 0. The Morgan fingerprint density at radius 1 is 1.37 bits per heavy atom. The molecule has 3 unspecified atom stereocenters. The van der Waals surface area contributed by atoms with Gasteiger partial charge in [-0.25, -0.2) is 0 Å². The Bertz CT molecular complexity index is 364. The smallest absolute Gasteiger partial charge is 0.237 e. The van der Waals surface area contributed by atoms with Crippen LogP contribution in [0.15, 0.2) is 0 Å². The van der Waals surface area contributed by atoms with Gasteiger partial charge in [0.1, 0.15) is 0 Å². The number of carbonyl (C=O) groups is 1. The van der Waals surface area contributed by atoms with Crippen molar-refractivity contribution in [1.29, 1.82) is 0 Å². The van der Waals surface area contributed by atoms with Gasteiger partial charge in [-0.05, 0) is 48.3 Å². The molecule has 2 fully saturated rings. The molecule has 3 nitrogen and oxygen atoms in total. The van der Waals surface area contributed by atoms with E-state index < -0.39 is 0 Å². The quantitative estimate of drug-likeness (QED) is 0.822. The van der Waals surface area contributed by atoms with Gasteiger partial charge in [0.05, 0.1) is 6.04 Å². The van der Waals surface area contributed by atoms with Crippen molar-refractivity contribution >= 4 is 5.91 Å². The van der Waals surface area contributed by atoms with Gasteiger partial charge >= 0.3 is 0 Å². The second-order valence-corrected chi connectivity index (χ2v) is 7.91. The zero-order valence-corrected chi connectivity index (χ0v) is 13.1. The van der Waals surface area contributed by atoms with E-state index in [0.29, 0.717) is 17.4 Å². The van der Waals surface area contributed by atoms with Crippen LogP contribution >= 0.6 is 0 Å². The van der Waals surface area contributed by atoms with E-state index in [1.165, 1.54) is 12.8 Å². The predicted octanol–water partition coefficient (Wildman–Crippen LogP) is 2.69. The predicted molar refractivity (Wildman–Crippen MR) is 78.6 cm³/mol. The number of nitrogens with two attached hydrogens (primary N) is 1. The molecular weight excluding hydrogens is 236 g/mol. The summed E-state index contributed by atoms with van der Waals surface area (Å²) < 4.78 is 0. The van der Waals surface area contributed by atoms with Gasteiger partial charge in [0.25, 0.3) is 0 Å². The van der Waals surface area contributed by atoms with Crippen molar-refractivity contribution in [3.05, 3.63) is 0 Å². The van der Waals surface area contributed by atoms with Gasteiger partial charge in [-0.2, -0.15) is 0 Å². The average molecular weight is 266 g/mol. The first kappa shape index (κ1) is 14.8. The summed E-state index contributed by atoms with van der Waals surface area (Å²) in [6.07, 6.45) is 4.44. The minimum Gasteiger partial charge on any atom is -0.351 e. The van der Waals surface area contributed by atoms with Crippen molar-refractivity contribution < 1.29 is 4.79 Å². The van der Waals surface area contributed by atoms with E-state index in [4.69, 9.17) is 5.73 Å². The van der Waals surface area contributed by atoms with Gasteiger partial charge in [0.2, 0.25) is 5.91 Å². The maximum atomic E-state index is 12.2. The number of carbonyl (C=O) groups excluding carboxylic acids is 1. The first-order valence-corrected chi connectivity index (χ1v) is 7.74. The zero-order valence-electron chi connectivity index (χ0n) is 13.1. The molecule has 0 saturated heterocycles. The molecule has 2 aliphatic rings. The van der Waals surface area contributed by atoms with Gasteiger partial charge in [0, 0.05) is 6.04 Å². The van der Waals surface area contributed by atoms with Crippen LogP contribution < -0.4 is 11.1 Å². The largest absolute Gasteiger partial charge is 0.351 e. The van der Waals surface area contributed by atoms with Crippen LogP contribution in [0, 0.1) is 22.7 Å². The van der Waals surface area contributed by atoms with Gasteiger partial charge in [-0.1, -0.05) is 34.6 Å². The van der Waals surface area contributed by atoms with Crippen LogP contribution in [0.4, 0.5) is 0 Å². The van der Waals surface area contributed by atoms with Crippen LogP contribution in [0.3, 0.4) is 0 Å². The molecule has 2 aliphatic carbocycles. The molecule has 3 N–H and O–H groups in total. The van der Waals surface area contributed by atoms with Gasteiger partial charge in [0.15, 0.2) is 0 Å². The third-order valence-electron chi connectivity index (χ3n) is 6.17. The van der Waals surface area contributed by atoms with Crippen LogP contribution in [0.5, 0.6) is 0 Å². The number of rotatable bonds is 4. The topological polar surface area (TPSA) is 55.1 Å². The first-order valence-electron chi connectivity index (χ1n) is 7.74. The Morgan fingerprint density at radius 2 is 2.00 bits per heavy atom. The Balaban J connectivity index is 2.00. The highest BCUT2D eigenvalue weighted by Gasteiger charge is 2.61. The summed E-state index contributed by atoms with van der Waals surface area (Å²) in [5.74, 6) is 1.26. The molecule has 2 bridgehead atoms. The van der Waals surface area contributed by atoms with Gasteiger partial charge in [-0.3, -0.25) is 4.79 Å². The second kappa shape index (κ2) is 4.76. The molecule has 2 saturated carbocycles. The summed E-state index contributed by atoms with van der Waals surface area (Å²) in [5, 5.41) is 3.25. The van der Waals surface area contributed by atoms with E-state index in [2.05, 4.69) is 39.9 Å². The van der Waals surface area contributed by atoms with E-state index in [9.17, 15) is 4.79 Å². The molecule has 0 aromatic carbocycles. The lowest BCUT2D eigenvalue weighted by atomic mass is 9.69. The first-order chi connectivity index (χ1) is 8.68. The SMILES string of the molecule is CC(C)C[C@H](N)C(=O)NC1CC2CCC1(C)C2(C)C. The highest BCUT2D eigenvalue weighted by molar-refractivity contribution is 5.81. The second-order valence-electron chi connectivity index (χ2n) is 7.91. The van der Waals surface area contributed by atoms with E-state index in [-0.39, 0.29) is 17.4 Å². The molecule has 0 aromatic heterocycles. The maximum absolute atomic E-state index is 12.2. The standard InChI is InChI=1S/C16H30N2O/c1-10(2)8-12(17)14(19)18-13-9-11-6-7-16(13,5)15(11,3)4/h10-13H,6-9,17H2,1-5H3,(H,18,19)/t11?,12-,13?,16?/m0/s1. The van der Waals surface area contributed by atoms with E-state index in [0.717, 1.165) is 18.8 Å². The number of hydrogen-bond acceptors (Lipinski definition) is 2. The van der Waals surface area contributed by atoms with Crippen LogP contribution in [-0.2, 0) is 4.79 Å². The number of hydrogen-bond donors (Lipinski definition) is 2. The van der Waals surface area contributed by atoms with Crippen LogP contribution in [0.2, 0.25) is 0 Å². The summed E-state index contributed by atoms with van der Waals surface area (Å²) in [6.45, 7) is 11.3. The lowest BCUT2D eigenvalue weighted by Gasteiger charge is -2.39. The molecule has 0 spiro atoms. The Hall–Kier alpha value is -0.570. The highest BCUT2D eigenvalue weighted by Crippen LogP contribution is 2.65. The molecule has 3 heteroatoms. The van der Waals surface area contributed by atoms with Crippen molar-refractivity contribution in [3.8, 4) is 0 Å². The van der Waals surface area contributed by atoms with Crippen molar-refractivity contribution in [1.82, 2.24) is 5.32 Å².